The third-order valence-corrected chi connectivity index (χ3v) is 2.62. The molecule has 0 unspecified atom stereocenters. The molecule has 0 spiro atoms. The van der Waals surface area contributed by atoms with E-state index in [1.165, 1.54) is 5.06 Å². The summed E-state index contributed by atoms with van der Waals surface area (Å²) in [5.74, 6) is 0. The van der Waals surface area contributed by atoms with E-state index in [0.29, 0.717) is 13.2 Å². The van der Waals surface area contributed by atoms with E-state index in [1.54, 1.807) is 0 Å². The van der Waals surface area contributed by atoms with Crippen molar-refractivity contribution in [3.8, 4) is 0 Å². The van der Waals surface area contributed by atoms with Crippen LogP contribution in [0, 0.1) is 0 Å². The Morgan fingerprint density at radius 3 is 2.47 bits per heavy atom. The molecule has 1 aromatic carbocycles. The van der Waals surface area contributed by atoms with E-state index in [1.807, 2.05) is 57.2 Å². The fourth-order valence-corrected chi connectivity index (χ4v) is 1.75. The second-order valence-electron chi connectivity index (χ2n) is 5.41. The van der Waals surface area contributed by atoms with Gasteiger partial charge in [0.15, 0.2) is 0 Å². The van der Waals surface area contributed by atoms with Gasteiger partial charge in [-0.05, 0) is 31.9 Å². The summed E-state index contributed by atoms with van der Waals surface area (Å²) in [5, 5.41) is 1.25. The minimum atomic E-state index is -0.510. The molecule has 1 aliphatic rings. The van der Waals surface area contributed by atoms with Gasteiger partial charge >= 0.3 is 6.09 Å². The number of ether oxygens (including phenoxy) is 1. The molecule has 2 rings (SSSR count). The van der Waals surface area contributed by atoms with Gasteiger partial charge in [-0.1, -0.05) is 36.4 Å². The van der Waals surface area contributed by atoms with Gasteiger partial charge in [-0.25, -0.2) is 4.79 Å². The summed E-state index contributed by atoms with van der Waals surface area (Å²) in [7, 11) is 0. The van der Waals surface area contributed by atoms with Crippen LogP contribution in [0.3, 0.4) is 0 Å². The van der Waals surface area contributed by atoms with Crippen LogP contribution in [0.15, 0.2) is 36.4 Å². The standard InChI is InChI=1S/C15H19NO3/c1-15(2,3)19-14(17)16-10-9-13(11-18-16)12-7-5-4-6-8-12/h4-9H,10-11H2,1-3H3. The number of hydrogen-bond acceptors (Lipinski definition) is 3. The van der Waals surface area contributed by atoms with Gasteiger partial charge in [-0.2, -0.15) is 5.06 Å². The molecule has 0 bridgehead atoms. The quantitative estimate of drug-likeness (QED) is 0.779. The number of amides is 1. The zero-order valence-electron chi connectivity index (χ0n) is 11.6. The van der Waals surface area contributed by atoms with E-state index in [9.17, 15) is 4.79 Å². The first kappa shape index (κ1) is 13.6. The lowest BCUT2D eigenvalue weighted by molar-refractivity contribution is -0.133. The van der Waals surface area contributed by atoms with Gasteiger partial charge in [-0.15, -0.1) is 0 Å². The maximum absolute atomic E-state index is 11.8. The number of hydroxylamine groups is 2. The summed E-state index contributed by atoms with van der Waals surface area (Å²) in [6.45, 7) is 6.28. The van der Waals surface area contributed by atoms with Crippen molar-refractivity contribution in [2.75, 3.05) is 13.2 Å². The van der Waals surface area contributed by atoms with Crippen LogP contribution in [-0.4, -0.2) is 29.9 Å². The predicted molar refractivity (Wildman–Crippen MR) is 73.3 cm³/mol. The molecule has 0 N–H and O–H groups in total. The molecule has 4 nitrogen and oxygen atoms in total. The summed E-state index contributed by atoms with van der Waals surface area (Å²) in [6, 6.07) is 9.99. The third-order valence-electron chi connectivity index (χ3n) is 2.62. The Hall–Kier alpha value is -1.81. The van der Waals surface area contributed by atoms with Crippen molar-refractivity contribution in [3.05, 3.63) is 42.0 Å². The van der Waals surface area contributed by atoms with Crippen LogP contribution in [0.1, 0.15) is 26.3 Å². The first-order chi connectivity index (χ1) is 8.96. The Balaban J connectivity index is 1.98. The van der Waals surface area contributed by atoms with E-state index in [-0.39, 0.29) is 0 Å². The van der Waals surface area contributed by atoms with Crippen LogP contribution in [0.2, 0.25) is 0 Å². The maximum Gasteiger partial charge on any atom is 0.434 e. The lowest BCUT2D eigenvalue weighted by Crippen LogP contribution is -2.39. The summed E-state index contributed by atoms with van der Waals surface area (Å²) in [4.78, 5) is 17.2. The summed E-state index contributed by atoms with van der Waals surface area (Å²) >= 11 is 0. The van der Waals surface area contributed by atoms with Crippen LogP contribution in [0.25, 0.3) is 5.57 Å². The number of rotatable bonds is 1. The fraction of sp³-hybridized carbons (Fsp3) is 0.400. The largest absolute Gasteiger partial charge is 0.442 e. The van der Waals surface area contributed by atoms with Crippen LogP contribution in [-0.2, 0) is 9.57 Å². The minimum absolute atomic E-state index is 0.378. The van der Waals surface area contributed by atoms with Crippen molar-refractivity contribution in [1.82, 2.24) is 5.06 Å². The van der Waals surface area contributed by atoms with E-state index in [0.717, 1.165) is 11.1 Å². The van der Waals surface area contributed by atoms with Crippen molar-refractivity contribution >= 4 is 11.7 Å². The molecule has 0 fully saturated rings. The highest BCUT2D eigenvalue weighted by molar-refractivity contribution is 5.71. The minimum Gasteiger partial charge on any atom is -0.442 e. The molecule has 1 amide bonds. The lowest BCUT2D eigenvalue weighted by atomic mass is 10.1. The Labute approximate surface area is 113 Å². The number of carbonyl (C=O) groups is 1. The van der Waals surface area contributed by atoms with Gasteiger partial charge in [0.05, 0.1) is 6.54 Å². The number of carbonyl (C=O) groups excluding carboxylic acids is 1. The second kappa shape index (κ2) is 5.45. The zero-order chi connectivity index (χ0) is 13.9. The van der Waals surface area contributed by atoms with Gasteiger partial charge in [0.1, 0.15) is 12.2 Å². The van der Waals surface area contributed by atoms with Gasteiger partial charge in [0.2, 0.25) is 0 Å². The van der Waals surface area contributed by atoms with Crippen LogP contribution < -0.4 is 0 Å². The van der Waals surface area contributed by atoms with E-state index in [4.69, 9.17) is 9.57 Å². The summed E-state index contributed by atoms with van der Waals surface area (Å²) in [5.41, 5.74) is 1.69. The van der Waals surface area contributed by atoms with Crippen molar-refractivity contribution in [2.45, 2.75) is 26.4 Å². The molecule has 1 heterocycles. The van der Waals surface area contributed by atoms with E-state index >= 15 is 0 Å². The molecule has 0 saturated carbocycles. The smallest absolute Gasteiger partial charge is 0.434 e. The summed E-state index contributed by atoms with van der Waals surface area (Å²) in [6.07, 6.45) is 1.54. The Kier molecular flexibility index (Phi) is 3.90. The number of benzene rings is 1. The molecule has 0 aromatic heterocycles. The highest BCUT2D eigenvalue weighted by Gasteiger charge is 2.24. The van der Waals surface area contributed by atoms with Crippen LogP contribution >= 0.6 is 0 Å². The molecule has 0 atom stereocenters. The van der Waals surface area contributed by atoms with Gasteiger partial charge < -0.3 is 4.74 Å². The highest BCUT2D eigenvalue weighted by atomic mass is 16.7. The molecular formula is C15H19NO3. The van der Waals surface area contributed by atoms with Gasteiger partial charge in [0, 0.05) is 0 Å². The van der Waals surface area contributed by atoms with Crippen molar-refractivity contribution < 1.29 is 14.4 Å². The molecule has 0 aliphatic carbocycles. The predicted octanol–water partition coefficient (Wildman–Crippen LogP) is 3.25. The van der Waals surface area contributed by atoms with E-state index in [2.05, 4.69) is 0 Å². The van der Waals surface area contributed by atoms with Crippen molar-refractivity contribution in [2.24, 2.45) is 0 Å². The molecule has 0 saturated heterocycles. The zero-order valence-corrected chi connectivity index (χ0v) is 11.6. The third kappa shape index (κ3) is 3.83. The SMILES string of the molecule is CC(C)(C)OC(=O)N1CC=C(c2ccccc2)CO1. The molecule has 4 heteroatoms. The number of nitrogens with zero attached hydrogens (tertiary/aromatic N) is 1. The molecule has 102 valence electrons. The monoisotopic (exact) mass is 261 g/mol. The van der Waals surface area contributed by atoms with E-state index < -0.39 is 11.7 Å². The fourth-order valence-electron chi connectivity index (χ4n) is 1.75. The maximum atomic E-state index is 11.8. The van der Waals surface area contributed by atoms with Crippen LogP contribution in [0.5, 0.6) is 0 Å². The molecule has 19 heavy (non-hydrogen) atoms. The first-order valence-corrected chi connectivity index (χ1v) is 6.33. The molecule has 1 aromatic rings. The normalized spacial score (nSPS) is 15.9. The molecular weight excluding hydrogens is 242 g/mol. The van der Waals surface area contributed by atoms with Gasteiger partial charge in [0.25, 0.3) is 0 Å². The Morgan fingerprint density at radius 1 is 1.26 bits per heavy atom. The Bertz CT molecular complexity index is 474. The molecule has 1 aliphatic heterocycles. The van der Waals surface area contributed by atoms with Gasteiger partial charge in [-0.3, -0.25) is 4.84 Å². The average molecular weight is 261 g/mol. The number of hydrogen-bond donors (Lipinski definition) is 0. The summed E-state index contributed by atoms with van der Waals surface area (Å²) < 4.78 is 5.25. The Morgan fingerprint density at radius 2 is 1.95 bits per heavy atom. The molecule has 0 radical (unpaired) electrons. The van der Waals surface area contributed by atoms with Crippen molar-refractivity contribution in [1.29, 1.82) is 0 Å². The topological polar surface area (TPSA) is 38.8 Å². The first-order valence-electron chi connectivity index (χ1n) is 6.33. The van der Waals surface area contributed by atoms with Crippen LogP contribution in [0.4, 0.5) is 4.79 Å². The highest BCUT2D eigenvalue weighted by Crippen LogP contribution is 2.20. The lowest BCUT2D eigenvalue weighted by Gasteiger charge is -2.28. The second-order valence-corrected chi connectivity index (χ2v) is 5.41. The average Bonchev–Trinajstić information content (AvgIpc) is 2.38. The van der Waals surface area contributed by atoms with Crippen molar-refractivity contribution in [3.63, 3.8) is 0 Å².